The van der Waals surface area contributed by atoms with Crippen molar-refractivity contribution in [2.45, 2.75) is 32.9 Å². The number of ether oxygens (including phenoxy) is 2. The number of rotatable bonds is 9. The molecule has 1 saturated heterocycles. The van der Waals surface area contributed by atoms with Gasteiger partial charge in [0.25, 0.3) is 5.91 Å². The largest absolute Gasteiger partial charge is 0.452 e. The highest BCUT2D eigenvalue weighted by Gasteiger charge is 2.18. The Morgan fingerprint density at radius 1 is 1.03 bits per heavy atom. The SMILES string of the molecule is CC(C)C[C@H](NC(=O)COC(=O)c1ccc(C[NH+]2CCOCC2)cc1)c1ccccc1. The first-order valence-corrected chi connectivity index (χ1v) is 11.0. The number of esters is 1. The fourth-order valence-corrected chi connectivity index (χ4v) is 3.77. The molecule has 0 unspecified atom stereocenters. The minimum Gasteiger partial charge on any atom is -0.452 e. The molecule has 1 aliphatic rings. The van der Waals surface area contributed by atoms with Gasteiger partial charge in [-0.15, -0.1) is 0 Å². The second kappa shape index (κ2) is 11.6. The van der Waals surface area contributed by atoms with E-state index in [9.17, 15) is 9.59 Å². The lowest BCUT2D eigenvalue weighted by molar-refractivity contribution is -0.921. The zero-order valence-corrected chi connectivity index (χ0v) is 18.4. The average Bonchev–Trinajstić information content (AvgIpc) is 2.78. The number of morpholine rings is 1. The highest BCUT2D eigenvalue weighted by atomic mass is 16.5. The Morgan fingerprint density at radius 2 is 1.71 bits per heavy atom. The molecular weight excluding hydrogens is 392 g/mol. The second-order valence-electron chi connectivity index (χ2n) is 8.47. The summed E-state index contributed by atoms with van der Waals surface area (Å²) in [4.78, 5) is 26.3. The van der Waals surface area contributed by atoms with E-state index in [1.807, 2.05) is 42.5 Å². The maximum atomic E-state index is 12.4. The Bertz CT molecular complexity index is 830. The number of benzene rings is 2. The zero-order valence-electron chi connectivity index (χ0n) is 18.4. The van der Waals surface area contributed by atoms with Gasteiger partial charge in [-0.1, -0.05) is 56.3 Å². The molecular formula is C25H33N2O4+. The van der Waals surface area contributed by atoms with Gasteiger partial charge in [-0.25, -0.2) is 4.79 Å². The number of amides is 1. The molecule has 2 N–H and O–H groups in total. The van der Waals surface area contributed by atoms with Gasteiger partial charge >= 0.3 is 5.97 Å². The van der Waals surface area contributed by atoms with Crippen molar-refractivity contribution in [3.63, 3.8) is 0 Å². The van der Waals surface area contributed by atoms with E-state index < -0.39 is 5.97 Å². The molecule has 1 heterocycles. The number of hydrogen-bond donors (Lipinski definition) is 2. The Kier molecular flexibility index (Phi) is 8.62. The Hall–Kier alpha value is -2.70. The van der Waals surface area contributed by atoms with Crippen LogP contribution in [0.4, 0.5) is 0 Å². The third-order valence-electron chi connectivity index (χ3n) is 5.42. The molecule has 2 aromatic rings. The molecule has 6 nitrogen and oxygen atoms in total. The molecule has 31 heavy (non-hydrogen) atoms. The quantitative estimate of drug-likeness (QED) is 0.604. The van der Waals surface area contributed by atoms with Crippen molar-refractivity contribution in [3.05, 3.63) is 71.3 Å². The maximum absolute atomic E-state index is 12.4. The van der Waals surface area contributed by atoms with Gasteiger partial charge in [0, 0.05) is 5.56 Å². The van der Waals surface area contributed by atoms with Crippen LogP contribution in [-0.4, -0.2) is 44.8 Å². The van der Waals surface area contributed by atoms with Crippen molar-refractivity contribution in [1.29, 1.82) is 0 Å². The summed E-state index contributed by atoms with van der Waals surface area (Å²) >= 11 is 0. The molecule has 166 valence electrons. The van der Waals surface area contributed by atoms with Gasteiger partial charge in [-0.05, 0) is 30.0 Å². The summed E-state index contributed by atoms with van der Waals surface area (Å²) in [5.41, 5.74) is 2.68. The summed E-state index contributed by atoms with van der Waals surface area (Å²) in [6, 6.07) is 17.2. The van der Waals surface area contributed by atoms with Crippen LogP contribution < -0.4 is 10.2 Å². The molecule has 0 aromatic heterocycles. The fraction of sp³-hybridized carbons (Fsp3) is 0.440. The lowest BCUT2D eigenvalue weighted by atomic mass is 9.97. The Labute approximate surface area is 184 Å². The third kappa shape index (κ3) is 7.49. The molecule has 1 aliphatic heterocycles. The van der Waals surface area contributed by atoms with Crippen LogP contribution in [-0.2, 0) is 20.8 Å². The van der Waals surface area contributed by atoms with Gasteiger partial charge < -0.3 is 19.7 Å². The van der Waals surface area contributed by atoms with Gasteiger partial charge in [0.05, 0.1) is 24.8 Å². The number of hydrogen-bond acceptors (Lipinski definition) is 4. The highest BCUT2D eigenvalue weighted by molar-refractivity contribution is 5.91. The van der Waals surface area contributed by atoms with E-state index in [4.69, 9.17) is 9.47 Å². The van der Waals surface area contributed by atoms with Crippen LogP contribution in [0, 0.1) is 5.92 Å². The number of nitrogens with one attached hydrogen (secondary N) is 2. The smallest absolute Gasteiger partial charge is 0.338 e. The zero-order chi connectivity index (χ0) is 22.1. The van der Waals surface area contributed by atoms with Crippen molar-refractivity contribution in [1.82, 2.24) is 5.32 Å². The molecule has 0 radical (unpaired) electrons. The molecule has 1 fully saturated rings. The van der Waals surface area contributed by atoms with E-state index in [-0.39, 0.29) is 18.6 Å². The lowest BCUT2D eigenvalue weighted by Crippen LogP contribution is -3.12. The van der Waals surface area contributed by atoms with Crippen molar-refractivity contribution < 1.29 is 24.0 Å². The highest BCUT2D eigenvalue weighted by Crippen LogP contribution is 2.21. The first-order valence-electron chi connectivity index (χ1n) is 11.0. The van der Waals surface area contributed by atoms with Crippen LogP contribution in [0.25, 0.3) is 0 Å². The van der Waals surface area contributed by atoms with Gasteiger partial charge in [0.2, 0.25) is 0 Å². The molecule has 0 bridgehead atoms. The summed E-state index contributed by atoms with van der Waals surface area (Å²) in [6.07, 6.45) is 0.816. The monoisotopic (exact) mass is 425 g/mol. The van der Waals surface area contributed by atoms with E-state index >= 15 is 0 Å². The standard InChI is InChI=1S/C25H32N2O4/c1-19(2)16-23(21-6-4-3-5-7-21)26-24(28)18-31-25(29)22-10-8-20(9-11-22)17-27-12-14-30-15-13-27/h3-11,19,23H,12-18H2,1-2H3,(H,26,28)/p+1/t23-/m0/s1. The normalized spacial score (nSPS) is 15.5. The van der Waals surface area contributed by atoms with Crippen molar-refractivity contribution in [2.75, 3.05) is 32.9 Å². The molecule has 0 saturated carbocycles. The minimum absolute atomic E-state index is 0.102. The molecule has 0 spiro atoms. The number of quaternary nitrogens is 1. The van der Waals surface area contributed by atoms with E-state index in [1.165, 1.54) is 10.5 Å². The molecule has 2 aromatic carbocycles. The molecule has 6 heteroatoms. The molecule has 1 amide bonds. The van der Waals surface area contributed by atoms with Crippen molar-refractivity contribution in [2.24, 2.45) is 5.92 Å². The lowest BCUT2D eigenvalue weighted by Gasteiger charge is -2.23. The van der Waals surface area contributed by atoms with Gasteiger partial charge in [-0.2, -0.15) is 0 Å². The maximum Gasteiger partial charge on any atom is 0.338 e. The minimum atomic E-state index is -0.486. The van der Waals surface area contributed by atoms with Crippen molar-refractivity contribution in [3.8, 4) is 0 Å². The Morgan fingerprint density at radius 3 is 2.35 bits per heavy atom. The second-order valence-corrected chi connectivity index (χ2v) is 8.47. The predicted octanol–water partition coefficient (Wildman–Crippen LogP) is 2.16. The summed E-state index contributed by atoms with van der Waals surface area (Å²) in [6.45, 7) is 8.45. The summed E-state index contributed by atoms with van der Waals surface area (Å²) in [7, 11) is 0. The summed E-state index contributed by atoms with van der Waals surface area (Å²) in [5.74, 6) is -0.359. The van der Waals surface area contributed by atoms with Gasteiger partial charge in [0.15, 0.2) is 6.61 Å². The Balaban J connectivity index is 1.49. The average molecular weight is 426 g/mol. The topological polar surface area (TPSA) is 69.1 Å². The van der Waals surface area contributed by atoms with Crippen LogP contribution in [0.2, 0.25) is 0 Å². The van der Waals surface area contributed by atoms with Gasteiger partial charge in [-0.3, -0.25) is 4.79 Å². The van der Waals surface area contributed by atoms with Crippen molar-refractivity contribution >= 4 is 11.9 Å². The number of carbonyl (C=O) groups is 2. The molecule has 0 aliphatic carbocycles. The fourth-order valence-electron chi connectivity index (χ4n) is 3.77. The number of carbonyl (C=O) groups excluding carboxylic acids is 2. The van der Waals surface area contributed by atoms with Crippen LogP contribution in [0.1, 0.15) is 47.8 Å². The van der Waals surface area contributed by atoms with E-state index in [2.05, 4.69) is 19.2 Å². The molecule has 3 rings (SSSR count). The first-order chi connectivity index (χ1) is 15.0. The first kappa shape index (κ1) is 23.0. The summed E-state index contributed by atoms with van der Waals surface area (Å²) in [5, 5.41) is 3.00. The summed E-state index contributed by atoms with van der Waals surface area (Å²) < 4.78 is 10.6. The van der Waals surface area contributed by atoms with Crippen LogP contribution >= 0.6 is 0 Å². The van der Waals surface area contributed by atoms with E-state index in [0.717, 1.165) is 44.8 Å². The molecule has 1 atom stereocenters. The van der Waals surface area contributed by atoms with E-state index in [0.29, 0.717) is 11.5 Å². The van der Waals surface area contributed by atoms with Crippen LogP contribution in [0.5, 0.6) is 0 Å². The van der Waals surface area contributed by atoms with Crippen LogP contribution in [0.3, 0.4) is 0 Å². The van der Waals surface area contributed by atoms with Crippen LogP contribution in [0.15, 0.2) is 54.6 Å². The van der Waals surface area contributed by atoms with E-state index in [1.54, 1.807) is 12.1 Å². The predicted molar refractivity (Wildman–Crippen MR) is 119 cm³/mol. The van der Waals surface area contributed by atoms with Gasteiger partial charge in [0.1, 0.15) is 19.6 Å². The third-order valence-corrected chi connectivity index (χ3v) is 5.42.